The summed E-state index contributed by atoms with van der Waals surface area (Å²) < 4.78 is 4.93. The van der Waals surface area contributed by atoms with Crippen molar-refractivity contribution in [1.82, 2.24) is 5.32 Å². The number of carbonyl (C=O) groups excluding carboxylic acids is 2. The van der Waals surface area contributed by atoms with Crippen LogP contribution in [0.5, 0.6) is 5.75 Å². The van der Waals surface area contributed by atoms with E-state index in [-0.39, 0.29) is 37.8 Å². The molecule has 0 aliphatic rings. The number of rotatable bonds is 6. The second-order valence-electron chi connectivity index (χ2n) is 4.07. The van der Waals surface area contributed by atoms with Crippen LogP contribution in [-0.4, -0.2) is 48.4 Å². The van der Waals surface area contributed by atoms with Crippen molar-refractivity contribution in [3.8, 4) is 5.75 Å². The van der Waals surface area contributed by atoms with Crippen LogP contribution in [-0.2, 0) is 14.3 Å². The summed E-state index contributed by atoms with van der Waals surface area (Å²) in [6, 6.07) is 4.68. The van der Waals surface area contributed by atoms with Gasteiger partial charge in [0.05, 0.1) is 25.5 Å². The smallest absolute Gasteiger partial charge is 0.313 e. The van der Waals surface area contributed by atoms with E-state index in [4.69, 9.17) is 9.84 Å². The van der Waals surface area contributed by atoms with Gasteiger partial charge >= 0.3 is 11.8 Å². The number of carbonyl (C=O) groups is 2. The fraction of sp³-hybridized carbons (Fsp3) is 0.385. The lowest BCUT2D eigenvalue weighted by molar-refractivity contribution is -0.136. The molecule has 20 heavy (non-hydrogen) atoms. The first-order valence-corrected chi connectivity index (χ1v) is 6.12. The van der Waals surface area contributed by atoms with Crippen molar-refractivity contribution in [3.63, 3.8) is 0 Å². The molecular formula is C13H18N2O5. The highest BCUT2D eigenvalue weighted by Crippen LogP contribution is 2.23. The van der Waals surface area contributed by atoms with Crippen molar-refractivity contribution in [2.75, 3.05) is 31.7 Å². The van der Waals surface area contributed by atoms with Gasteiger partial charge in [-0.3, -0.25) is 9.59 Å². The number of anilines is 1. The Morgan fingerprint density at radius 1 is 1.25 bits per heavy atom. The zero-order chi connectivity index (χ0) is 15.0. The summed E-state index contributed by atoms with van der Waals surface area (Å²) in [7, 11) is 0. The largest absolute Gasteiger partial charge is 0.506 e. The summed E-state index contributed by atoms with van der Waals surface area (Å²) in [6.45, 7) is 2.25. The molecule has 1 aromatic carbocycles. The highest BCUT2D eigenvalue weighted by Gasteiger charge is 2.14. The Labute approximate surface area is 116 Å². The topological polar surface area (TPSA) is 108 Å². The van der Waals surface area contributed by atoms with Crippen LogP contribution in [0.15, 0.2) is 18.2 Å². The van der Waals surface area contributed by atoms with Crippen LogP contribution in [0.4, 0.5) is 5.69 Å². The minimum Gasteiger partial charge on any atom is -0.506 e. The number of amides is 2. The van der Waals surface area contributed by atoms with Gasteiger partial charge in [-0.05, 0) is 24.6 Å². The maximum atomic E-state index is 11.6. The lowest BCUT2D eigenvalue weighted by Gasteiger charge is -2.08. The molecule has 1 rings (SSSR count). The number of aliphatic hydroxyl groups is 1. The highest BCUT2D eigenvalue weighted by atomic mass is 16.5. The SMILES string of the molecule is Cc1ccc(O)c(NC(=O)C(=O)NCCOCCO)c1. The summed E-state index contributed by atoms with van der Waals surface area (Å²) in [5.41, 5.74) is 1.03. The molecule has 0 aromatic heterocycles. The predicted molar refractivity (Wildman–Crippen MR) is 72.4 cm³/mol. The molecule has 0 saturated heterocycles. The Hall–Kier alpha value is -2.12. The molecule has 0 bridgehead atoms. The Bertz CT molecular complexity index is 476. The Morgan fingerprint density at radius 2 is 2.00 bits per heavy atom. The minimum absolute atomic E-state index is 0.0962. The average Bonchev–Trinajstić information content (AvgIpc) is 2.42. The zero-order valence-corrected chi connectivity index (χ0v) is 11.2. The van der Waals surface area contributed by atoms with Crippen molar-refractivity contribution in [2.24, 2.45) is 0 Å². The van der Waals surface area contributed by atoms with Crippen molar-refractivity contribution in [2.45, 2.75) is 6.92 Å². The molecular weight excluding hydrogens is 264 g/mol. The number of hydrogen-bond acceptors (Lipinski definition) is 5. The molecule has 0 spiro atoms. The normalized spacial score (nSPS) is 10.1. The summed E-state index contributed by atoms with van der Waals surface area (Å²) >= 11 is 0. The monoisotopic (exact) mass is 282 g/mol. The standard InChI is InChI=1S/C13H18N2O5/c1-9-2-3-11(17)10(8-9)15-13(19)12(18)14-4-6-20-7-5-16/h2-3,8,16-17H,4-7H2,1H3,(H,14,18)(H,15,19). The quantitative estimate of drug-likeness (QED) is 0.327. The van der Waals surface area contributed by atoms with Crippen molar-refractivity contribution in [3.05, 3.63) is 23.8 Å². The average molecular weight is 282 g/mol. The minimum atomic E-state index is -0.868. The molecule has 0 unspecified atom stereocenters. The number of phenols is 1. The lowest BCUT2D eigenvalue weighted by Crippen LogP contribution is -2.37. The van der Waals surface area contributed by atoms with Gasteiger partial charge in [0.2, 0.25) is 0 Å². The Balaban J connectivity index is 2.41. The number of ether oxygens (including phenoxy) is 1. The number of aryl methyl sites for hydroxylation is 1. The van der Waals surface area contributed by atoms with Crippen LogP contribution >= 0.6 is 0 Å². The molecule has 0 fully saturated rings. The molecule has 0 saturated carbocycles. The second-order valence-corrected chi connectivity index (χ2v) is 4.07. The second kappa shape index (κ2) is 8.13. The third-order valence-corrected chi connectivity index (χ3v) is 2.37. The summed E-state index contributed by atoms with van der Waals surface area (Å²) in [5, 5.41) is 22.7. The third-order valence-electron chi connectivity index (χ3n) is 2.37. The van der Waals surface area contributed by atoms with E-state index in [1.165, 1.54) is 6.07 Å². The number of aliphatic hydroxyl groups excluding tert-OH is 1. The van der Waals surface area contributed by atoms with E-state index in [0.29, 0.717) is 0 Å². The molecule has 0 heterocycles. The molecule has 0 atom stereocenters. The maximum absolute atomic E-state index is 11.6. The van der Waals surface area contributed by atoms with E-state index in [1.54, 1.807) is 19.1 Å². The molecule has 7 heteroatoms. The summed E-state index contributed by atoms with van der Waals surface area (Å²) in [6.07, 6.45) is 0. The van der Waals surface area contributed by atoms with E-state index in [2.05, 4.69) is 10.6 Å². The Kier molecular flexibility index (Phi) is 6.48. The van der Waals surface area contributed by atoms with Gasteiger partial charge in [-0.2, -0.15) is 0 Å². The fourth-order valence-electron chi connectivity index (χ4n) is 1.41. The molecule has 110 valence electrons. The van der Waals surface area contributed by atoms with E-state index >= 15 is 0 Å². The van der Waals surface area contributed by atoms with Gasteiger partial charge in [-0.1, -0.05) is 6.07 Å². The van der Waals surface area contributed by atoms with E-state index in [0.717, 1.165) is 5.56 Å². The van der Waals surface area contributed by atoms with E-state index < -0.39 is 11.8 Å². The van der Waals surface area contributed by atoms with Crippen molar-refractivity contribution in [1.29, 1.82) is 0 Å². The van der Waals surface area contributed by atoms with Crippen molar-refractivity contribution < 1.29 is 24.5 Å². The highest BCUT2D eigenvalue weighted by molar-refractivity contribution is 6.39. The number of benzene rings is 1. The number of hydrogen-bond donors (Lipinski definition) is 4. The summed E-state index contributed by atoms with van der Waals surface area (Å²) in [4.78, 5) is 23.0. The molecule has 2 amide bonds. The van der Waals surface area contributed by atoms with Gasteiger partial charge in [0.15, 0.2) is 0 Å². The van der Waals surface area contributed by atoms with Crippen LogP contribution in [0.3, 0.4) is 0 Å². The van der Waals surface area contributed by atoms with Crippen LogP contribution in [0.2, 0.25) is 0 Å². The number of phenolic OH excluding ortho intramolecular Hbond substituents is 1. The Morgan fingerprint density at radius 3 is 2.70 bits per heavy atom. The van der Waals surface area contributed by atoms with Gasteiger partial charge in [0.1, 0.15) is 5.75 Å². The summed E-state index contributed by atoms with van der Waals surface area (Å²) in [5.74, 6) is -1.80. The predicted octanol–water partition coefficient (Wildman–Crippen LogP) is -0.236. The van der Waals surface area contributed by atoms with Crippen LogP contribution in [0.25, 0.3) is 0 Å². The molecule has 7 nitrogen and oxygen atoms in total. The van der Waals surface area contributed by atoms with Crippen LogP contribution in [0.1, 0.15) is 5.56 Å². The van der Waals surface area contributed by atoms with Crippen LogP contribution < -0.4 is 10.6 Å². The van der Waals surface area contributed by atoms with E-state index in [9.17, 15) is 14.7 Å². The number of aromatic hydroxyl groups is 1. The van der Waals surface area contributed by atoms with Gasteiger partial charge in [-0.15, -0.1) is 0 Å². The first-order valence-electron chi connectivity index (χ1n) is 6.12. The molecule has 1 aromatic rings. The van der Waals surface area contributed by atoms with Gasteiger partial charge < -0.3 is 25.6 Å². The molecule has 4 N–H and O–H groups in total. The van der Waals surface area contributed by atoms with Crippen molar-refractivity contribution >= 4 is 17.5 Å². The zero-order valence-electron chi connectivity index (χ0n) is 11.2. The third kappa shape index (κ3) is 5.25. The van der Waals surface area contributed by atoms with Gasteiger partial charge in [0, 0.05) is 6.54 Å². The lowest BCUT2D eigenvalue weighted by atomic mass is 10.2. The van der Waals surface area contributed by atoms with Gasteiger partial charge in [-0.25, -0.2) is 0 Å². The molecule has 0 aliphatic heterocycles. The fourth-order valence-corrected chi connectivity index (χ4v) is 1.41. The first-order chi connectivity index (χ1) is 9.54. The molecule has 0 aliphatic carbocycles. The van der Waals surface area contributed by atoms with Gasteiger partial charge in [0.25, 0.3) is 0 Å². The maximum Gasteiger partial charge on any atom is 0.313 e. The van der Waals surface area contributed by atoms with Crippen LogP contribution in [0, 0.1) is 6.92 Å². The first kappa shape index (κ1) is 15.9. The molecule has 0 radical (unpaired) electrons. The van der Waals surface area contributed by atoms with E-state index in [1.807, 2.05) is 0 Å². The number of nitrogens with one attached hydrogen (secondary N) is 2.